The minimum Gasteiger partial charge on any atom is -0.469 e. The Balaban J connectivity index is 1.96. The number of hydrogen-bond acceptors (Lipinski definition) is 6. The molecule has 1 aliphatic heterocycles. The highest BCUT2D eigenvalue weighted by molar-refractivity contribution is 7.18. The first-order valence-electron chi connectivity index (χ1n) is 7.23. The summed E-state index contributed by atoms with van der Waals surface area (Å²) in [5.74, 6) is 0.811. The first-order valence-corrected chi connectivity index (χ1v) is 8.11. The summed E-state index contributed by atoms with van der Waals surface area (Å²) < 4.78 is 5.95. The van der Waals surface area contributed by atoms with Gasteiger partial charge in [-0.2, -0.15) is 0 Å². The average Bonchev–Trinajstić information content (AvgIpc) is 2.89. The highest BCUT2D eigenvalue weighted by atomic mass is 32.1. The number of thiophene rings is 1. The number of carbonyl (C=O) groups is 1. The molecular formula is C15H19N3O2S. The molecule has 3 rings (SSSR count). The van der Waals surface area contributed by atoms with Crippen LogP contribution >= 0.6 is 11.3 Å². The molecule has 0 radical (unpaired) electrons. The maximum atomic E-state index is 11.6. The molecule has 0 aliphatic carbocycles. The van der Waals surface area contributed by atoms with Crippen molar-refractivity contribution in [2.75, 3.05) is 18.6 Å². The zero-order chi connectivity index (χ0) is 14.8. The summed E-state index contributed by atoms with van der Waals surface area (Å²) in [4.78, 5) is 22.8. The molecule has 2 aromatic heterocycles. The second-order valence-electron chi connectivity index (χ2n) is 5.42. The van der Waals surface area contributed by atoms with Crippen LogP contribution in [0.3, 0.4) is 0 Å². The van der Waals surface area contributed by atoms with Crippen LogP contribution in [0, 0.1) is 6.92 Å². The van der Waals surface area contributed by atoms with E-state index >= 15 is 0 Å². The Bertz CT molecular complexity index is 655. The van der Waals surface area contributed by atoms with E-state index in [0.717, 1.165) is 41.8 Å². The van der Waals surface area contributed by atoms with Gasteiger partial charge in [-0.25, -0.2) is 9.97 Å². The van der Waals surface area contributed by atoms with Crippen LogP contribution in [0.15, 0.2) is 11.7 Å². The Morgan fingerprint density at radius 1 is 1.48 bits per heavy atom. The summed E-state index contributed by atoms with van der Waals surface area (Å²) in [5.41, 5.74) is 2.20. The van der Waals surface area contributed by atoms with Crippen LogP contribution in [0.2, 0.25) is 0 Å². The van der Waals surface area contributed by atoms with Crippen LogP contribution in [0.1, 0.15) is 31.2 Å². The monoisotopic (exact) mass is 305 g/mol. The minimum atomic E-state index is -0.153. The molecule has 6 heteroatoms. The van der Waals surface area contributed by atoms with Crippen molar-refractivity contribution in [1.29, 1.82) is 0 Å². The number of hydrogen-bond donors (Lipinski definition) is 0. The quantitative estimate of drug-likeness (QED) is 0.816. The molecule has 21 heavy (non-hydrogen) atoms. The Labute approximate surface area is 128 Å². The van der Waals surface area contributed by atoms with Crippen LogP contribution in [0.25, 0.3) is 10.2 Å². The van der Waals surface area contributed by atoms with Crippen LogP contribution in [-0.4, -0.2) is 35.6 Å². The molecule has 1 unspecified atom stereocenters. The molecule has 0 N–H and O–H groups in total. The van der Waals surface area contributed by atoms with Gasteiger partial charge < -0.3 is 9.64 Å². The van der Waals surface area contributed by atoms with Gasteiger partial charge in [-0.15, -0.1) is 11.3 Å². The van der Waals surface area contributed by atoms with Gasteiger partial charge in [0.25, 0.3) is 0 Å². The fraction of sp³-hybridized carbons (Fsp3) is 0.533. The number of fused-ring (bicyclic) bond motifs is 1. The van der Waals surface area contributed by atoms with E-state index in [1.54, 1.807) is 17.7 Å². The first kappa shape index (κ1) is 14.3. The molecule has 1 aliphatic rings. The summed E-state index contributed by atoms with van der Waals surface area (Å²) in [6.45, 7) is 3.00. The van der Waals surface area contributed by atoms with Gasteiger partial charge >= 0.3 is 5.97 Å². The van der Waals surface area contributed by atoms with E-state index in [4.69, 9.17) is 4.74 Å². The number of aryl methyl sites for hydroxylation is 1. The van der Waals surface area contributed by atoms with E-state index in [1.807, 2.05) is 0 Å². The molecule has 0 bridgehead atoms. The predicted molar refractivity (Wildman–Crippen MR) is 83.8 cm³/mol. The van der Waals surface area contributed by atoms with Crippen molar-refractivity contribution in [3.05, 3.63) is 17.3 Å². The van der Waals surface area contributed by atoms with Gasteiger partial charge in [-0.3, -0.25) is 4.79 Å². The van der Waals surface area contributed by atoms with E-state index in [1.165, 1.54) is 12.7 Å². The third-order valence-corrected chi connectivity index (χ3v) is 5.12. The lowest BCUT2D eigenvalue weighted by atomic mass is 9.99. The van der Waals surface area contributed by atoms with Gasteiger partial charge in [0.2, 0.25) is 0 Å². The fourth-order valence-corrected chi connectivity index (χ4v) is 3.94. The number of rotatable bonds is 3. The number of anilines is 1. The van der Waals surface area contributed by atoms with Crippen molar-refractivity contribution in [2.24, 2.45) is 0 Å². The SMILES string of the molecule is COC(=O)CC1CCCCN1c1ncnc2c(C)csc12. The summed E-state index contributed by atoms with van der Waals surface area (Å²) >= 11 is 1.68. The van der Waals surface area contributed by atoms with Gasteiger partial charge in [0.05, 0.1) is 23.7 Å². The molecule has 3 heterocycles. The number of piperidine rings is 1. The fourth-order valence-electron chi connectivity index (χ4n) is 2.93. The van der Waals surface area contributed by atoms with Crippen molar-refractivity contribution < 1.29 is 9.53 Å². The standard InChI is InChI=1S/C15H19N3O2S/c1-10-8-21-14-13(10)16-9-17-15(14)18-6-4-3-5-11(18)7-12(19)20-2/h8-9,11H,3-7H2,1-2H3. The molecule has 112 valence electrons. The molecule has 2 aromatic rings. The Kier molecular flexibility index (Phi) is 4.05. The predicted octanol–water partition coefficient (Wildman–Crippen LogP) is 2.92. The van der Waals surface area contributed by atoms with Crippen molar-refractivity contribution in [2.45, 2.75) is 38.6 Å². The summed E-state index contributed by atoms with van der Waals surface area (Å²) in [5, 5.41) is 2.11. The highest BCUT2D eigenvalue weighted by Crippen LogP contribution is 2.34. The van der Waals surface area contributed by atoms with Crippen LogP contribution in [0.5, 0.6) is 0 Å². The maximum absolute atomic E-state index is 11.6. The lowest BCUT2D eigenvalue weighted by molar-refractivity contribution is -0.141. The molecule has 0 aromatic carbocycles. The Morgan fingerprint density at radius 2 is 2.33 bits per heavy atom. The average molecular weight is 305 g/mol. The van der Waals surface area contributed by atoms with Crippen molar-refractivity contribution in [1.82, 2.24) is 9.97 Å². The Hall–Kier alpha value is -1.69. The zero-order valence-electron chi connectivity index (χ0n) is 12.3. The molecule has 0 saturated carbocycles. The minimum absolute atomic E-state index is 0.153. The molecule has 0 spiro atoms. The van der Waals surface area contributed by atoms with Crippen LogP contribution < -0.4 is 4.90 Å². The van der Waals surface area contributed by atoms with E-state index in [0.29, 0.717) is 6.42 Å². The van der Waals surface area contributed by atoms with Crippen LogP contribution in [-0.2, 0) is 9.53 Å². The van der Waals surface area contributed by atoms with E-state index in [9.17, 15) is 4.79 Å². The van der Waals surface area contributed by atoms with Gasteiger partial charge in [0.15, 0.2) is 0 Å². The van der Waals surface area contributed by atoms with Crippen LogP contribution in [0.4, 0.5) is 5.82 Å². The lowest BCUT2D eigenvalue weighted by Gasteiger charge is -2.36. The summed E-state index contributed by atoms with van der Waals surface area (Å²) in [6, 6.07) is 0.173. The maximum Gasteiger partial charge on any atom is 0.307 e. The van der Waals surface area contributed by atoms with E-state index < -0.39 is 0 Å². The zero-order valence-corrected chi connectivity index (χ0v) is 13.2. The normalized spacial score (nSPS) is 19.0. The van der Waals surface area contributed by atoms with E-state index in [2.05, 4.69) is 27.2 Å². The molecule has 0 amide bonds. The Morgan fingerprint density at radius 3 is 3.14 bits per heavy atom. The lowest BCUT2D eigenvalue weighted by Crippen LogP contribution is -2.41. The van der Waals surface area contributed by atoms with Gasteiger partial charge in [-0.05, 0) is 37.1 Å². The smallest absolute Gasteiger partial charge is 0.307 e. The molecular weight excluding hydrogens is 286 g/mol. The largest absolute Gasteiger partial charge is 0.469 e. The topological polar surface area (TPSA) is 55.3 Å². The molecule has 1 saturated heterocycles. The molecule has 5 nitrogen and oxygen atoms in total. The van der Waals surface area contributed by atoms with Crippen molar-refractivity contribution in [3.8, 4) is 0 Å². The van der Waals surface area contributed by atoms with Crippen molar-refractivity contribution >= 4 is 33.3 Å². The molecule has 1 atom stereocenters. The number of nitrogens with zero attached hydrogens (tertiary/aromatic N) is 3. The number of carbonyl (C=O) groups excluding carboxylic acids is 1. The van der Waals surface area contributed by atoms with Gasteiger partial charge in [-0.1, -0.05) is 0 Å². The third-order valence-electron chi connectivity index (χ3n) is 4.04. The number of methoxy groups -OCH3 is 1. The second-order valence-corrected chi connectivity index (χ2v) is 6.30. The highest BCUT2D eigenvalue weighted by Gasteiger charge is 2.28. The number of esters is 1. The second kappa shape index (κ2) is 5.97. The summed E-state index contributed by atoms with van der Waals surface area (Å²) in [7, 11) is 1.45. The third kappa shape index (κ3) is 2.72. The van der Waals surface area contributed by atoms with Gasteiger partial charge in [0.1, 0.15) is 12.1 Å². The van der Waals surface area contributed by atoms with E-state index in [-0.39, 0.29) is 12.0 Å². The number of ether oxygens (including phenoxy) is 1. The van der Waals surface area contributed by atoms with Gasteiger partial charge in [0, 0.05) is 12.6 Å². The number of aromatic nitrogens is 2. The van der Waals surface area contributed by atoms with Crippen molar-refractivity contribution in [3.63, 3.8) is 0 Å². The molecule has 1 fully saturated rings. The summed E-state index contributed by atoms with van der Waals surface area (Å²) in [6.07, 6.45) is 5.34. The first-order chi connectivity index (χ1) is 10.2.